The van der Waals surface area contributed by atoms with E-state index in [9.17, 15) is 0 Å². The van der Waals surface area contributed by atoms with Gasteiger partial charge in [-0.15, -0.1) is 0 Å². The molecule has 5 nitrogen and oxygen atoms in total. The highest BCUT2D eigenvalue weighted by molar-refractivity contribution is 9.10. The highest BCUT2D eigenvalue weighted by Gasteiger charge is 2.16. The Bertz CT molecular complexity index is 714. The Morgan fingerprint density at radius 1 is 1.24 bits per heavy atom. The number of hydrogen-bond acceptors (Lipinski definition) is 4. The first-order valence-electron chi connectivity index (χ1n) is 6.32. The predicted molar refractivity (Wildman–Crippen MR) is 85.2 cm³/mol. The fourth-order valence-electron chi connectivity index (χ4n) is 2.03. The third-order valence-corrected chi connectivity index (χ3v) is 3.53. The predicted octanol–water partition coefficient (Wildman–Crippen LogP) is 3.66. The van der Waals surface area contributed by atoms with E-state index in [1.54, 1.807) is 0 Å². The van der Waals surface area contributed by atoms with Crippen molar-refractivity contribution in [1.29, 1.82) is 0 Å². The lowest BCUT2D eigenvalue weighted by Crippen LogP contribution is -2.17. The number of oxime groups is 1. The Morgan fingerprint density at radius 2 is 1.95 bits per heavy atom. The topological polar surface area (TPSA) is 80.7 Å². The fraction of sp³-hybridized carbons (Fsp3) is 0.200. The van der Waals surface area contributed by atoms with Gasteiger partial charge in [0.15, 0.2) is 5.84 Å². The van der Waals surface area contributed by atoms with E-state index in [1.807, 2.05) is 45.0 Å². The first-order valence-corrected chi connectivity index (χ1v) is 7.12. The number of ether oxygens (including phenoxy) is 1. The lowest BCUT2D eigenvalue weighted by atomic mass is 10.1. The number of pyridine rings is 1. The second kappa shape index (κ2) is 6.13. The molecule has 2 rings (SSSR count). The van der Waals surface area contributed by atoms with Gasteiger partial charge in [-0.1, -0.05) is 27.2 Å². The van der Waals surface area contributed by atoms with Crippen LogP contribution < -0.4 is 10.5 Å². The number of halogens is 1. The van der Waals surface area contributed by atoms with Gasteiger partial charge in [0.25, 0.3) is 0 Å². The SMILES string of the molecule is Cc1cc(C)c(/C(N)=N/O)c(Oc2cc(Br)ccc2C)n1. The summed E-state index contributed by atoms with van der Waals surface area (Å²) in [5.41, 5.74) is 8.82. The second-order valence-electron chi connectivity index (χ2n) is 4.76. The monoisotopic (exact) mass is 349 g/mol. The number of benzene rings is 1. The van der Waals surface area contributed by atoms with Crippen LogP contribution in [0.5, 0.6) is 11.6 Å². The molecule has 0 saturated heterocycles. The molecule has 2 aromatic rings. The van der Waals surface area contributed by atoms with E-state index in [4.69, 9.17) is 15.7 Å². The molecular formula is C15H16BrN3O2. The molecular weight excluding hydrogens is 334 g/mol. The molecule has 6 heteroatoms. The molecule has 3 N–H and O–H groups in total. The summed E-state index contributed by atoms with van der Waals surface area (Å²) in [6.07, 6.45) is 0. The van der Waals surface area contributed by atoms with Gasteiger partial charge in [-0.3, -0.25) is 0 Å². The van der Waals surface area contributed by atoms with E-state index in [0.29, 0.717) is 17.2 Å². The Balaban J connectivity index is 2.55. The zero-order chi connectivity index (χ0) is 15.6. The molecule has 0 aliphatic rings. The molecule has 0 spiro atoms. The average Bonchev–Trinajstić information content (AvgIpc) is 2.41. The maximum absolute atomic E-state index is 8.94. The van der Waals surface area contributed by atoms with Crippen molar-refractivity contribution in [3.63, 3.8) is 0 Å². The number of hydrogen-bond donors (Lipinski definition) is 2. The summed E-state index contributed by atoms with van der Waals surface area (Å²) < 4.78 is 6.79. The summed E-state index contributed by atoms with van der Waals surface area (Å²) in [4.78, 5) is 4.36. The largest absolute Gasteiger partial charge is 0.438 e. The molecule has 0 saturated carbocycles. The summed E-state index contributed by atoms with van der Waals surface area (Å²) in [5, 5.41) is 12.0. The Morgan fingerprint density at radius 3 is 2.62 bits per heavy atom. The minimum Gasteiger partial charge on any atom is -0.438 e. The van der Waals surface area contributed by atoms with E-state index in [1.165, 1.54) is 0 Å². The van der Waals surface area contributed by atoms with Crippen LogP contribution in [0, 0.1) is 20.8 Å². The summed E-state index contributed by atoms with van der Waals surface area (Å²) in [7, 11) is 0. The highest BCUT2D eigenvalue weighted by Crippen LogP contribution is 2.30. The second-order valence-corrected chi connectivity index (χ2v) is 5.67. The zero-order valence-corrected chi connectivity index (χ0v) is 13.6. The van der Waals surface area contributed by atoms with Crippen LogP contribution in [0.1, 0.15) is 22.4 Å². The third-order valence-electron chi connectivity index (χ3n) is 3.03. The molecule has 0 atom stereocenters. The van der Waals surface area contributed by atoms with Gasteiger partial charge in [-0.2, -0.15) is 0 Å². The Labute approximate surface area is 131 Å². The maximum Gasteiger partial charge on any atom is 0.230 e. The van der Waals surface area contributed by atoms with Crippen LogP contribution in [-0.2, 0) is 0 Å². The third kappa shape index (κ3) is 3.33. The van der Waals surface area contributed by atoms with Gasteiger partial charge in [0.05, 0.1) is 5.56 Å². The molecule has 1 aromatic heterocycles. The average molecular weight is 350 g/mol. The number of nitrogens with zero attached hydrogens (tertiary/aromatic N) is 2. The van der Waals surface area contributed by atoms with Gasteiger partial charge >= 0.3 is 0 Å². The Kier molecular flexibility index (Phi) is 4.47. The summed E-state index contributed by atoms with van der Waals surface area (Å²) in [6, 6.07) is 7.57. The van der Waals surface area contributed by atoms with Gasteiger partial charge in [-0.05, 0) is 50.1 Å². The van der Waals surface area contributed by atoms with E-state index < -0.39 is 0 Å². The minimum absolute atomic E-state index is 0.0253. The van der Waals surface area contributed by atoms with Crippen molar-refractivity contribution in [1.82, 2.24) is 4.98 Å². The fourth-order valence-corrected chi connectivity index (χ4v) is 2.37. The van der Waals surface area contributed by atoms with Crippen LogP contribution in [0.3, 0.4) is 0 Å². The number of nitrogens with two attached hydrogens (primary N) is 1. The van der Waals surface area contributed by atoms with E-state index >= 15 is 0 Å². The Hall–Kier alpha value is -2.08. The molecule has 0 fully saturated rings. The normalized spacial score (nSPS) is 11.5. The van der Waals surface area contributed by atoms with Crippen LogP contribution in [0.15, 0.2) is 33.9 Å². The summed E-state index contributed by atoms with van der Waals surface area (Å²) in [6.45, 7) is 5.67. The number of rotatable bonds is 3. The van der Waals surface area contributed by atoms with Crippen LogP contribution in [-0.4, -0.2) is 16.0 Å². The number of aromatic nitrogens is 1. The molecule has 0 amide bonds. The maximum atomic E-state index is 8.94. The van der Waals surface area contributed by atoms with Crippen molar-refractivity contribution in [2.75, 3.05) is 0 Å². The number of amidine groups is 1. The van der Waals surface area contributed by atoms with Crippen molar-refractivity contribution >= 4 is 21.8 Å². The summed E-state index contributed by atoms with van der Waals surface area (Å²) >= 11 is 3.41. The van der Waals surface area contributed by atoms with Gasteiger partial charge in [-0.25, -0.2) is 4.98 Å². The van der Waals surface area contributed by atoms with Crippen LogP contribution in [0.4, 0.5) is 0 Å². The molecule has 0 bridgehead atoms. The van der Waals surface area contributed by atoms with Crippen molar-refractivity contribution in [3.05, 3.63) is 51.1 Å². The van der Waals surface area contributed by atoms with Gasteiger partial charge in [0.2, 0.25) is 5.88 Å². The lowest BCUT2D eigenvalue weighted by Gasteiger charge is -2.14. The van der Waals surface area contributed by atoms with Crippen LogP contribution in [0.2, 0.25) is 0 Å². The van der Waals surface area contributed by atoms with Gasteiger partial charge in [0, 0.05) is 10.2 Å². The van der Waals surface area contributed by atoms with Crippen molar-refractivity contribution in [2.24, 2.45) is 10.9 Å². The van der Waals surface area contributed by atoms with Gasteiger partial charge in [0.1, 0.15) is 5.75 Å². The number of aryl methyl sites for hydroxylation is 3. The van der Waals surface area contributed by atoms with E-state index in [0.717, 1.165) is 21.3 Å². The smallest absolute Gasteiger partial charge is 0.230 e. The molecule has 0 radical (unpaired) electrons. The van der Waals surface area contributed by atoms with E-state index in [-0.39, 0.29) is 5.84 Å². The van der Waals surface area contributed by atoms with E-state index in [2.05, 4.69) is 26.1 Å². The van der Waals surface area contributed by atoms with Crippen molar-refractivity contribution < 1.29 is 9.94 Å². The summed E-state index contributed by atoms with van der Waals surface area (Å²) in [5.74, 6) is 0.959. The molecule has 1 aromatic carbocycles. The molecule has 0 aliphatic heterocycles. The highest BCUT2D eigenvalue weighted by atomic mass is 79.9. The van der Waals surface area contributed by atoms with Gasteiger partial charge < -0.3 is 15.7 Å². The first kappa shape index (κ1) is 15.3. The quantitative estimate of drug-likeness (QED) is 0.383. The molecule has 1 heterocycles. The lowest BCUT2D eigenvalue weighted by molar-refractivity contribution is 0.318. The molecule has 0 unspecified atom stereocenters. The van der Waals surface area contributed by atoms with Crippen LogP contribution in [0.25, 0.3) is 0 Å². The minimum atomic E-state index is -0.0253. The first-order chi connectivity index (χ1) is 9.92. The van der Waals surface area contributed by atoms with Crippen molar-refractivity contribution in [2.45, 2.75) is 20.8 Å². The molecule has 21 heavy (non-hydrogen) atoms. The standard InChI is InChI=1S/C15H16BrN3O2/c1-8-4-5-11(16)7-12(8)21-15-13(14(17)19-20)9(2)6-10(3)18-15/h4-7,20H,1-3H3,(H2,17,19). The van der Waals surface area contributed by atoms with Crippen molar-refractivity contribution in [3.8, 4) is 11.6 Å². The molecule has 110 valence electrons. The molecule has 0 aliphatic carbocycles. The van der Waals surface area contributed by atoms with Crippen LogP contribution >= 0.6 is 15.9 Å². The zero-order valence-electron chi connectivity index (χ0n) is 12.0.